The fourth-order valence-corrected chi connectivity index (χ4v) is 1.85. The predicted molar refractivity (Wildman–Crippen MR) is 49.5 cm³/mol. The van der Waals surface area contributed by atoms with Gasteiger partial charge in [0.1, 0.15) is 7.85 Å². The van der Waals surface area contributed by atoms with E-state index in [1.165, 1.54) is 25.7 Å². The predicted octanol–water partition coefficient (Wildman–Crippen LogP) is 1.75. The highest BCUT2D eigenvalue weighted by molar-refractivity contribution is 6.11. The minimum Gasteiger partial charge on any atom is -0.151 e. The van der Waals surface area contributed by atoms with Crippen molar-refractivity contribution in [2.24, 2.45) is 11.1 Å². The van der Waals surface area contributed by atoms with E-state index < -0.39 is 0 Å². The molecule has 11 heavy (non-hydrogen) atoms. The average Bonchev–Trinajstić information content (AvgIpc) is 2.04. The van der Waals surface area contributed by atoms with Crippen molar-refractivity contribution in [3.05, 3.63) is 4.91 Å². The summed E-state index contributed by atoms with van der Waals surface area (Å²) in [6.07, 6.45) is 6.36. The lowest BCUT2D eigenvalue weighted by Gasteiger charge is -2.25. The van der Waals surface area contributed by atoms with Crippen LogP contribution in [0.1, 0.15) is 32.1 Å². The van der Waals surface area contributed by atoms with Gasteiger partial charge in [0.25, 0.3) is 0 Å². The zero-order valence-electron chi connectivity index (χ0n) is 7.25. The molecule has 0 saturated heterocycles. The van der Waals surface area contributed by atoms with Crippen LogP contribution >= 0.6 is 0 Å². The molecule has 62 valence electrons. The lowest BCUT2D eigenvalue weighted by Crippen LogP contribution is -2.11. The molecule has 1 aliphatic rings. The highest BCUT2D eigenvalue weighted by atomic mass is 16.3. The Kier molecular flexibility index (Phi) is 3.60. The maximum Gasteiger partial charge on any atom is 0.105 e. The zero-order chi connectivity index (χ0) is 8.10. The zero-order valence-corrected chi connectivity index (χ0v) is 7.25. The Morgan fingerprint density at radius 2 is 1.91 bits per heavy atom. The van der Waals surface area contributed by atoms with Crippen molar-refractivity contribution in [2.75, 3.05) is 6.54 Å². The summed E-state index contributed by atoms with van der Waals surface area (Å²) in [5, 5.41) is 2.90. The Hall–Kier alpha value is -0.335. The summed E-state index contributed by atoms with van der Waals surface area (Å²) in [4.78, 5) is 9.86. The second-order valence-electron chi connectivity index (χ2n) is 3.77. The van der Waals surface area contributed by atoms with Crippen LogP contribution in [0.25, 0.3) is 0 Å². The Labute approximate surface area is 69.1 Å². The van der Waals surface area contributed by atoms with Gasteiger partial charge < -0.3 is 0 Å². The topological polar surface area (TPSA) is 29.4 Å². The molecule has 0 amide bonds. The largest absolute Gasteiger partial charge is 0.151 e. The van der Waals surface area contributed by atoms with Crippen molar-refractivity contribution < 1.29 is 0 Å². The first-order valence-electron chi connectivity index (χ1n) is 4.62. The van der Waals surface area contributed by atoms with Crippen LogP contribution in [0.2, 0.25) is 5.82 Å². The van der Waals surface area contributed by atoms with Crippen LogP contribution in [0.3, 0.4) is 0 Å². The third-order valence-electron chi connectivity index (χ3n) is 2.76. The van der Waals surface area contributed by atoms with Gasteiger partial charge in [-0.15, -0.1) is 0 Å². The minimum atomic E-state index is 0.527. The summed E-state index contributed by atoms with van der Waals surface area (Å²) in [6, 6.07) is 0. The first-order valence-corrected chi connectivity index (χ1v) is 4.62. The molecule has 0 heterocycles. The molecule has 0 radical (unpaired) electrons. The van der Waals surface area contributed by atoms with Crippen molar-refractivity contribution in [3.8, 4) is 0 Å². The lowest BCUT2D eigenvalue weighted by atomic mass is 9.71. The molecule has 1 rings (SSSR count). The van der Waals surface area contributed by atoms with Gasteiger partial charge in [-0.2, -0.15) is 4.91 Å². The highest BCUT2D eigenvalue weighted by Gasteiger charge is 2.17. The summed E-state index contributed by atoms with van der Waals surface area (Å²) in [5.74, 6) is 1.71. The second kappa shape index (κ2) is 4.52. The summed E-state index contributed by atoms with van der Waals surface area (Å²) in [6.45, 7) is 0.527. The third-order valence-corrected chi connectivity index (χ3v) is 2.76. The number of rotatable bonds is 3. The van der Waals surface area contributed by atoms with E-state index in [2.05, 4.69) is 13.0 Å². The number of hydrogen-bond acceptors (Lipinski definition) is 2. The van der Waals surface area contributed by atoms with E-state index in [0.29, 0.717) is 6.54 Å². The Bertz CT molecular complexity index is 121. The summed E-state index contributed by atoms with van der Waals surface area (Å²) in [5.41, 5.74) is 0. The van der Waals surface area contributed by atoms with E-state index in [1.807, 2.05) is 0 Å². The first-order chi connectivity index (χ1) is 5.33. The van der Waals surface area contributed by atoms with E-state index in [4.69, 9.17) is 0 Å². The smallest absolute Gasteiger partial charge is 0.105 e. The van der Waals surface area contributed by atoms with Crippen LogP contribution in [-0.4, -0.2) is 14.4 Å². The molecule has 0 spiro atoms. The van der Waals surface area contributed by atoms with E-state index in [1.54, 1.807) is 0 Å². The van der Waals surface area contributed by atoms with Crippen molar-refractivity contribution >= 4 is 7.85 Å². The molecular weight excluding hydrogens is 137 g/mol. The minimum absolute atomic E-state index is 0.527. The van der Waals surface area contributed by atoms with Crippen LogP contribution in [0, 0.1) is 10.8 Å². The van der Waals surface area contributed by atoms with Gasteiger partial charge in [0.05, 0.1) is 6.54 Å². The normalized spacial score (nSPS) is 31.6. The van der Waals surface area contributed by atoms with Crippen molar-refractivity contribution in [1.82, 2.24) is 0 Å². The lowest BCUT2D eigenvalue weighted by molar-refractivity contribution is 0.343. The van der Waals surface area contributed by atoms with Gasteiger partial charge in [-0.05, 0) is 12.3 Å². The van der Waals surface area contributed by atoms with Gasteiger partial charge in [0, 0.05) is 0 Å². The maximum atomic E-state index is 9.86. The van der Waals surface area contributed by atoms with E-state index >= 15 is 0 Å². The van der Waals surface area contributed by atoms with E-state index in [-0.39, 0.29) is 0 Å². The summed E-state index contributed by atoms with van der Waals surface area (Å²) >= 11 is 0. The maximum absolute atomic E-state index is 9.86. The van der Waals surface area contributed by atoms with Crippen LogP contribution in [0.15, 0.2) is 5.18 Å². The molecule has 0 N–H and O–H groups in total. The molecule has 1 fully saturated rings. The van der Waals surface area contributed by atoms with Gasteiger partial charge in [-0.1, -0.05) is 36.7 Å². The van der Waals surface area contributed by atoms with Gasteiger partial charge in [0.15, 0.2) is 0 Å². The molecular formula is C8H16BNO. The molecule has 0 bridgehead atoms. The standard InChI is InChI=1S/C8H16BNO/c9-8-3-1-7(2-4-8)5-6-10-11/h7-8H,1-6,9H2. The quantitative estimate of drug-likeness (QED) is 0.448. The molecule has 2 nitrogen and oxygen atoms in total. The number of hydrogen-bond donors (Lipinski definition) is 0. The van der Waals surface area contributed by atoms with Crippen LogP contribution in [-0.2, 0) is 0 Å². The molecule has 1 saturated carbocycles. The van der Waals surface area contributed by atoms with E-state index in [0.717, 1.165) is 18.2 Å². The van der Waals surface area contributed by atoms with Crippen molar-refractivity contribution in [3.63, 3.8) is 0 Å². The number of nitrogens with zero attached hydrogens (tertiary/aromatic N) is 1. The fraction of sp³-hybridized carbons (Fsp3) is 1.00. The average molecular weight is 153 g/mol. The van der Waals surface area contributed by atoms with Crippen LogP contribution in [0.4, 0.5) is 0 Å². The monoisotopic (exact) mass is 153 g/mol. The molecule has 3 heteroatoms. The highest BCUT2D eigenvalue weighted by Crippen LogP contribution is 2.32. The van der Waals surface area contributed by atoms with Crippen LogP contribution < -0.4 is 0 Å². The number of nitroso groups, excluding NO2 is 1. The first kappa shape index (κ1) is 8.76. The summed E-state index contributed by atoms with van der Waals surface area (Å²) in [7, 11) is 2.31. The van der Waals surface area contributed by atoms with Gasteiger partial charge in [0.2, 0.25) is 0 Å². The Morgan fingerprint density at radius 1 is 1.27 bits per heavy atom. The molecule has 0 aromatic carbocycles. The Balaban J connectivity index is 2.12. The van der Waals surface area contributed by atoms with E-state index in [9.17, 15) is 4.91 Å². The molecule has 0 aromatic heterocycles. The fourth-order valence-electron chi connectivity index (χ4n) is 1.85. The van der Waals surface area contributed by atoms with Gasteiger partial charge in [-0.3, -0.25) is 0 Å². The molecule has 1 aliphatic carbocycles. The van der Waals surface area contributed by atoms with Gasteiger partial charge >= 0.3 is 0 Å². The van der Waals surface area contributed by atoms with Gasteiger partial charge in [-0.25, -0.2) is 0 Å². The van der Waals surface area contributed by atoms with Crippen LogP contribution in [0.5, 0.6) is 0 Å². The van der Waals surface area contributed by atoms with Crippen molar-refractivity contribution in [1.29, 1.82) is 0 Å². The molecule has 0 aliphatic heterocycles. The molecule has 0 aromatic rings. The molecule has 0 atom stereocenters. The summed E-state index contributed by atoms with van der Waals surface area (Å²) < 4.78 is 0. The SMILES string of the molecule is BC1CCC(CCN=O)CC1. The second-order valence-corrected chi connectivity index (χ2v) is 3.77. The third kappa shape index (κ3) is 3.04. The Morgan fingerprint density at radius 3 is 2.45 bits per heavy atom. The molecule has 0 unspecified atom stereocenters. The van der Waals surface area contributed by atoms with Crippen molar-refractivity contribution in [2.45, 2.75) is 37.9 Å².